The van der Waals surface area contributed by atoms with Crippen molar-refractivity contribution in [1.82, 2.24) is 9.88 Å². The molecule has 0 spiro atoms. The minimum Gasteiger partial charge on any atom is -0.480 e. The van der Waals surface area contributed by atoms with Crippen molar-refractivity contribution < 1.29 is 14.7 Å². The number of carbonyl (C=O) groups is 2. The van der Waals surface area contributed by atoms with Gasteiger partial charge in [0.25, 0.3) is 5.91 Å². The fourth-order valence-corrected chi connectivity index (χ4v) is 2.14. The van der Waals surface area contributed by atoms with Crippen LogP contribution in [-0.4, -0.2) is 39.0 Å². The average molecular weight is 283 g/mol. The van der Waals surface area contributed by atoms with E-state index in [9.17, 15) is 9.59 Å². The van der Waals surface area contributed by atoms with Crippen molar-refractivity contribution in [2.75, 3.05) is 0 Å². The minimum absolute atomic E-state index is 0.0111. The van der Waals surface area contributed by atoms with Gasteiger partial charge in [0.1, 0.15) is 6.04 Å². The number of carboxylic acid groups (broad SMARTS) is 1. The predicted octanol–water partition coefficient (Wildman–Crippen LogP) is 2.12. The second kappa shape index (κ2) is 5.17. The molecule has 1 amide bonds. The fourth-order valence-electron chi connectivity index (χ4n) is 1.98. The van der Waals surface area contributed by atoms with E-state index in [1.54, 1.807) is 6.92 Å². The number of carbonyl (C=O) groups excluding carboxylic acids is 1. The number of hydrogen-bond acceptors (Lipinski definition) is 3. The predicted molar refractivity (Wildman–Crippen MR) is 70.3 cm³/mol. The number of carboxylic acids is 1. The van der Waals surface area contributed by atoms with Crippen LogP contribution in [0.5, 0.6) is 0 Å². The lowest BCUT2D eigenvalue weighted by Gasteiger charge is -2.27. The number of aliphatic carboxylic acids is 1. The van der Waals surface area contributed by atoms with Gasteiger partial charge >= 0.3 is 5.97 Å². The molecule has 0 aromatic carbocycles. The van der Waals surface area contributed by atoms with E-state index in [2.05, 4.69) is 4.98 Å². The average Bonchev–Trinajstić information content (AvgIpc) is 3.17. The van der Waals surface area contributed by atoms with Gasteiger partial charge in [-0.3, -0.25) is 9.78 Å². The standard InChI is InChI=1S/C13H15ClN2O3/c1-7-10(5-15-6-11(7)14)12(17)16(9-3-4-9)8(2)13(18)19/h5-6,8-9H,3-4H2,1-2H3,(H,18,19). The molecule has 0 aliphatic heterocycles. The number of aromatic nitrogens is 1. The Bertz CT molecular complexity index is 529. The zero-order chi connectivity index (χ0) is 14.2. The Hall–Kier alpha value is -1.62. The summed E-state index contributed by atoms with van der Waals surface area (Å²) in [7, 11) is 0. The van der Waals surface area contributed by atoms with E-state index < -0.39 is 12.0 Å². The highest BCUT2D eigenvalue weighted by Gasteiger charge is 2.39. The molecule has 0 bridgehead atoms. The van der Waals surface area contributed by atoms with Crippen LogP contribution in [0.25, 0.3) is 0 Å². The summed E-state index contributed by atoms with van der Waals surface area (Å²) in [5, 5.41) is 9.52. The lowest BCUT2D eigenvalue weighted by molar-refractivity contribution is -0.141. The van der Waals surface area contributed by atoms with Gasteiger partial charge in [0, 0.05) is 18.4 Å². The van der Waals surface area contributed by atoms with E-state index in [4.69, 9.17) is 16.7 Å². The Morgan fingerprint density at radius 3 is 2.63 bits per heavy atom. The first kappa shape index (κ1) is 13.8. The van der Waals surface area contributed by atoms with Gasteiger partial charge in [-0.15, -0.1) is 0 Å². The van der Waals surface area contributed by atoms with Gasteiger partial charge in [0.05, 0.1) is 10.6 Å². The van der Waals surface area contributed by atoms with Crippen molar-refractivity contribution in [3.8, 4) is 0 Å². The molecule has 1 aliphatic carbocycles. The molecule has 1 aliphatic rings. The van der Waals surface area contributed by atoms with E-state index in [1.807, 2.05) is 0 Å². The third-order valence-corrected chi connectivity index (χ3v) is 3.71. The number of rotatable bonds is 4. The van der Waals surface area contributed by atoms with Crippen LogP contribution in [0, 0.1) is 6.92 Å². The van der Waals surface area contributed by atoms with Crippen LogP contribution < -0.4 is 0 Å². The molecular weight excluding hydrogens is 268 g/mol. The van der Waals surface area contributed by atoms with Crippen molar-refractivity contribution >= 4 is 23.5 Å². The van der Waals surface area contributed by atoms with Gasteiger partial charge in [-0.25, -0.2) is 4.79 Å². The zero-order valence-corrected chi connectivity index (χ0v) is 11.5. The molecular formula is C13H15ClN2O3. The summed E-state index contributed by atoms with van der Waals surface area (Å²) in [6.07, 6.45) is 4.59. The second-order valence-electron chi connectivity index (χ2n) is 4.75. The molecule has 1 aromatic heterocycles. The molecule has 1 atom stereocenters. The van der Waals surface area contributed by atoms with E-state index in [0.29, 0.717) is 16.1 Å². The SMILES string of the molecule is Cc1c(Cl)cncc1C(=O)N(C1CC1)C(C)C(=O)O. The van der Waals surface area contributed by atoms with E-state index >= 15 is 0 Å². The number of hydrogen-bond donors (Lipinski definition) is 1. The smallest absolute Gasteiger partial charge is 0.326 e. The normalized spacial score (nSPS) is 15.9. The van der Waals surface area contributed by atoms with Gasteiger partial charge in [-0.05, 0) is 32.3 Å². The van der Waals surface area contributed by atoms with Crippen LogP contribution in [0.4, 0.5) is 0 Å². The van der Waals surface area contributed by atoms with Gasteiger partial charge < -0.3 is 10.0 Å². The lowest BCUT2D eigenvalue weighted by Crippen LogP contribution is -2.45. The summed E-state index contributed by atoms with van der Waals surface area (Å²) >= 11 is 5.95. The summed E-state index contributed by atoms with van der Waals surface area (Å²) in [6, 6.07) is -0.838. The van der Waals surface area contributed by atoms with Gasteiger partial charge in [-0.2, -0.15) is 0 Å². The Kier molecular flexibility index (Phi) is 3.75. The van der Waals surface area contributed by atoms with Crippen molar-refractivity contribution in [3.05, 3.63) is 28.5 Å². The van der Waals surface area contributed by atoms with Crippen molar-refractivity contribution in [2.45, 2.75) is 38.8 Å². The maximum atomic E-state index is 12.5. The molecule has 1 aromatic rings. The number of pyridine rings is 1. The Morgan fingerprint density at radius 1 is 1.47 bits per heavy atom. The monoisotopic (exact) mass is 282 g/mol. The van der Waals surface area contributed by atoms with Crippen LogP contribution in [-0.2, 0) is 4.79 Å². The highest BCUT2D eigenvalue weighted by atomic mass is 35.5. The molecule has 6 heteroatoms. The summed E-state index contributed by atoms with van der Waals surface area (Å²) in [5.74, 6) is -1.32. The van der Waals surface area contributed by atoms with Crippen molar-refractivity contribution in [1.29, 1.82) is 0 Å². The molecule has 1 N–H and O–H groups in total. The number of nitrogens with zero attached hydrogens (tertiary/aromatic N) is 2. The maximum absolute atomic E-state index is 12.5. The zero-order valence-electron chi connectivity index (χ0n) is 10.8. The third kappa shape index (κ3) is 2.71. The second-order valence-corrected chi connectivity index (χ2v) is 5.16. The molecule has 2 rings (SSSR count). The molecule has 102 valence electrons. The van der Waals surface area contributed by atoms with E-state index in [-0.39, 0.29) is 11.9 Å². The first-order chi connectivity index (χ1) is 8.93. The minimum atomic E-state index is -1.01. The number of amides is 1. The lowest BCUT2D eigenvalue weighted by atomic mass is 10.1. The van der Waals surface area contributed by atoms with E-state index in [1.165, 1.54) is 24.2 Å². The summed E-state index contributed by atoms with van der Waals surface area (Å²) in [4.78, 5) is 29.0. The molecule has 1 unspecified atom stereocenters. The third-order valence-electron chi connectivity index (χ3n) is 3.33. The van der Waals surface area contributed by atoms with Crippen LogP contribution in [0.15, 0.2) is 12.4 Å². The van der Waals surface area contributed by atoms with Gasteiger partial charge in [0.2, 0.25) is 0 Å². The first-order valence-electron chi connectivity index (χ1n) is 6.09. The van der Waals surface area contributed by atoms with Crippen LogP contribution in [0.3, 0.4) is 0 Å². The van der Waals surface area contributed by atoms with E-state index in [0.717, 1.165) is 12.8 Å². The summed E-state index contributed by atoms with van der Waals surface area (Å²) in [6.45, 7) is 3.25. The quantitative estimate of drug-likeness (QED) is 0.918. The first-order valence-corrected chi connectivity index (χ1v) is 6.47. The van der Waals surface area contributed by atoms with Gasteiger partial charge in [-0.1, -0.05) is 11.6 Å². The molecule has 0 saturated heterocycles. The van der Waals surface area contributed by atoms with Crippen molar-refractivity contribution in [3.63, 3.8) is 0 Å². The summed E-state index contributed by atoms with van der Waals surface area (Å²) in [5.41, 5.74) is 0.998. The maximum Gasteiger partial charge on any atom is 0.326 e. The largest absolute Gasteiger partial charge is 0.480 e. The Morgan fingerprint density at radius 2 is 2.11 bits per heavy atom. The summed E-state index contributed by atoms with van der Waals surface area (Å²) < 4.78 is 0. The molecule has 19 heavy (non-hydrogen) atoms. The molecule has 1 fully saturated rings. The molecule has 0 radical (unpaired) electrons. The fraction of sp³-hybridized carbons (Fsp3) is 0.462. The Balaban J connectivity index is 2.34. The van der Waals surface area contributed by atoms with Crippen LogP contribution in [0.2, 0.25) is 5.02 Å². The molecule has 5 nitrogen and oxygen atoms in total. The van der Waals surface area contributed by atoms with Crippen molar-refractivity contribution in [2.24, 2.45) is 0 Å². The molecule has 1 heterocycles. The van der Waals surface area contributed by atoms with Crippen LogP contribution in [0.1, 0.15) is 35.7 Å². The van der Waals surface area contributed by atoms with Gasteiger partial charge in [0.15, 0.2) is 0 Å². The highest BCUT2D eigenvalue weighted by molar-refractivity contribution is 6.31. The highest BCUT2D eigenvalue weighted by Crippen LogP contribution is 2.31. The van der Waals surface area contributed by atoms with Crippen LogP contribution >= 0.6 is 11.6 Å². The number of halogens is 1. The Labute approximate surface area is 116 Å². The molecule has 1 saturated carbocycles. The topological polar surface area (TPSA) is 70.5 Å².